The molecule has 4 aromatic heterocycles. The molecule has 50 heavy (non-hydrogen) atoms. The van der Waals surface area contributed by atoms with Crippen molar-refractivity contribution in [2.75, 3.05) is 24.5 Å². The van der Waals surface area contributed by atoms with E-state index in [1.165, 1.54) is 36.2 Å². The average molecular weight is 721 g/mol. The summed E-state index contributed by atoms with van der Waals surface area (Å²) in [6.07, 6.45) is 1.43. The first-order chi connectivity index (χ1) is 23.6. The Bertz CT molecular complexity index is 2600. The molecule has 2 bridgehead atoms. The third-order valence-corrected chi connectivity index (χ3v) is 10.4. The normalized spacial score (nSPS) is 16.1. The lowest BCUT2D eigenvalue weighted by atomic mass is 10.1. The van der Waals surface area contributed by atoms with Crippen LogP contribution in [-0.4, -0.2) is 57.8 Å². The molecule has 0 saturated carbocycles. The van der Waals surface area contributed by atoms with Gasteiger partial charge in [0.1, 0.15) is 28.3 Å². The number of sulfonamides is 1. The second kappa shape index (κ2) is 11.8. The van der Waals surface area contributed by atoms with Gasteiger partial charge in [-0.3, -0.25) is 4.98 Å². The summed E-state index contributed by atoms with van der Waals surface area (Å²) in [6, 6.07) is 5.33. The first-order valence-electron chi connectivity index (χ1n) is 15.0. The van der Waals surface area contributed by atoms with E-state index in [4.69, 9.17) is 4.42 Å². The first kappa shape index (κ1) is 33.4. The summed E-state index contributed by atoms with van der Waals surface area (Å²) in [5.41, 5.74) is -1.12. The van der Waals surface area contributed by atoms with Crippen LogP contribution >= 0.6 is 0 Å². The Morgan fingerprint density at radius 2 is 1.56 bits per heavy atom. The molecule has 0 unspecified atom stereocenters. The van der Waals surface area contributed by atoms with Crippen molar-refractivity contribution in [1.82, 2.24) is 23.7 Å². The lowest BCUT2D eigenvalue weighted by Crippen LogP contribution is -2.54. The molecule has 7 rings (SSSR count). The molecule has 1 fully saturated rings. The second-order valence-electron chi connectivity index (χ2n) is 12.0. The van der Waals surface area contributed by atoms with Gasteiger partial charge in [-0.15, -0.1) is 0 Å². The fourth-order valence-corrected chi connectivity index (χ4v) is 7.84. The van der Waals surface area contributed by atoms with Gasteiger partial charge < -0.3 is 9.32 Å². The van der Waals surface area contributed by atoms with Gasteiger partial charge in [0, 0.05) is 37.9 Å². The van der Waals surface area contributed by atoms with E-state index >= 15 is 8.78 Å². The minimum absolute atomic E-state index is 0.0573. The summed E-state index contributed by atoms with van der Waals surface area (Å²) in [7, 11) is -5.28. The zero-order valence-corrected chi connectivity index (χ0v) is 26.9. The third-order valence-electron chi connectivity index (χ3n) is 8.55. The molecule has 1 aliphatic heterocycles. The number of pyridine rings is 2. The van der Waals surface area contributed by atoms with Crippen LogP contribution in [0.5, 0.6) is 0 Å². The molecular formula is C32H23F7N6O4S. The lowest BCUT2D eigenvalue weighted by molar-refractivity contribution is 0.326. The minimum Gasteiger partial charge on any atom is -0.454 e. The Morgan fingerprint density at radius 3 is 2.22 bits per heavy atom. The Hall–Kier alpha value is -5.10. The molecule has 260 valence electrons. The van der Waals surface area contributed by atoms with Gasteiger partial charge in [0.05, 0.1) is 16.5 Å². The van der Waals surface area contributed by atoms with Crippen LogP contribution in [0, 0.1) is 40.7 Å². The zero-order valence-electron chi connectivity index (χ0n) is 26.1. The van der Waals surface area contributed by atoms with Crippen molar-refractivity contribution in [2.45, 2.75) is 37.6 Å². The Kier molecular flexibility index (Phi) is 7.85. The van der Waals surface area contributed by atoms with E-state index in [2.05, 4.69) is 15.0 Å². The van der Waals surface area contributed by atoms with E-state index in [0.29, 0.717) is 10.00 Å². The summed E-state index contributed by atoms with van der Waals surface area (Å²) in [5, 5.41) is -0.376. The summed E-state index contributed by atoms with van der Waals surface area (Å²) in [4.78, 5) is 26.5. The largest absolute Gasteiger partial charge is 0.454 e. The van der Waals surface area contributed by atoms with Crippen molar-refractivity contribution in [3.63, 3.8) is 0 Å². The number of hydrogen-bond acceptors (Lipinski definition) is 8. The summed E-state index contributed by atoms with van der Waals surface area (Å²) in [6.45, 7) is 3.58. The average Bonchev–Trinajstić information content (AvgIpc) is 3.12. The molecule has 5 heterocycles. The molecule has 2 aromatic carbocycles. The highest BCUT2D eigenvalue weighted by Gasteiger charge is 2.40. The smallest absolute Gasteiger partial charge is 0.356 e. The fraction of sp³-hybridized carbons (Fsp3) is 0.250. The number of hydrogen-bond donors (Lipinski definition) is 0. The topological polar surface area (TPSA) is 114 Å². The minimum atomic E-state index is -5.28. The lowest BCUT2D eigenvalue weighted by Gasteiger charge is -2.40. The van der Waals surface area contributed by atoms with Gasteiger partial charge in [-0.1, -0.05) is 19.9 Å². The highest BCUT2D eigenvalue weighted by molar-refractivity contribution is 7.89. The van der Waals surface area contributed by atoms with Crippen LogP contribution < -0.4 is 10.6 Å². The van der Waals surface area contributed by atoms with Crippen molar-refractivity contribution >= 4 is 54.5 Å². The maximum Gasteiger partial charge on any atom is 0.356 e. The van der Waals surface area contributed by atoms with E-state index in [-0.39, 0.29) is 51.4 Å². The third kappa shape index (κ3) is 4.91. The van der Waals surface area contributed by atoms with Crippen LogP contribution in [0.2, 0.25) is 0 Å². The van der Waals surface area contributed by atoms with Crippen molar-refractivity contribution in [3.05, 3.63) is 93.4 Å². The fourth-order valence-electron chi connectivity index (χ4n) is 6.22. The van der Waals surface area contributed by atoms with E-state index in [0.717, 1.165) is 16.5 Å². The van der Waals surface area contributed by atoms with Crippen LogP contribution in [0.1, 0.15) is 32.4 Å². The molecular weight excluding hydrogens is 697 g/mol. The van der Waals surface area contributed by atoms with Gasteiger partial charge in [-0.2, -0.15) is 9.29 Å². The predicted molar refractivity (Wildman–Crippen MR) is 166 cm³/mol. The standard InChI is InChI=1S/C32H23F7N6O4S/c1-13(2)26-28-19(7-8-40-26)49-18-6-4-5-16(33)20(18)27-17(34)11-15-30(42-32(46)45(28)31(15)41-27)44-10-9-43(12-14(44)3)50(47,48)29-24(38)22(36)21(35)23(37)25(29)39/h4-8,11,13-14H,9-10,12H2,1-3H3/t14-/m0/s1. The molecule has 0 amide bonds. The van der Waals surface area contributed by atoms with Gasteiger partial charge in [0.2, 0.25) is 15.8 Å². The van der Waals surface area contributed by atoms with Crippen LogP contribution in [0.4, 0.5) is 36.6 Å². The molecule has 1 aliphatic rings. The van der Waals surface area contributed by atoms with Crippen molar-refractivity contribution in [2.24, 2.45) is 0 Å². The van der Waals surface area contributed by atoms with Crippen LogP contribution in [0.15, 0.2) is 50.6 Å². The maximum atomic E-state index is 16.0. The van der Waals surface area contributed by atoms with Crippen molar-refractivity contribution in [3.8, 4) is 0 Å². The van der Waals surface area contributed by atoms with E-state index in [1.807, 2.05) is 0 Å². The molecule has 0 aliphatic carbocycles. The van der Waals surface area contributed by atoms with E-state index in [9.17, 15) is 35.2 Å². The number of fused-ring (bicyclic) bond motifs is 5. The molecule has 0 radical (unpaired) electrons. The Balaban J connectivity index is 1.45. The van der Waals surface area contributed by atoms with Crippen molar-refractivity contribution < 1.29 is 43.6 Å². The monoisotopic (exact) mass is 720 g/mol. The molecule has 0 spiro atoms. The maximum absolute atomic E-state index is 16.0. The van der Waals surface area contributed by atoms with Crippen LogP contribution in [0.3, 0.4) is 0 Å². The Labute approximate surface area is 277 Å². The van der Waals surface area contributed by atoms with Gasteiger partial charge >= 0.3 is 5.69 Å². The second-order valence-corrected chi connectivity index (χ2v) is 13.8. The highest BCUT2D eigenvalue weighted by atomic mass is 32.2. The van der Waals surface area contributed by atoms with Gasteiger partial charge in [0.25, 0.3) is 0 Å². The number of benzene rings is 2. The van der Waals surface area contributed by atoms with E-state index < -0.39 is 86.0 Å². The van der Waals surface area contributed by atoms with Crippen LogP contribution in [0.25, 0.3) is 38.6 Å². The van der Waals surface area contributed by atoms with Crippen LogP contribution in [-0.2, 0) is 10.0 Å². The molecule has 1 atom stereocenters. The first-order valence-corrected chi connectivity index (χ1v) is 16.4. The quantitative estimate of drug-likeness (QED) is 0.122. The van der Waals surface area contributed by atoms with Crippen molar-refractivity contribution in [1.29, 1.82) is 0 Å². The number of rotatable bonds is 4. The number of halogens is 7. The highest BCUT2D eigenvalue weighted by Crippen LogP contribution is 2.35. The number of nitrogens with zero attached hydrogens (tertiary/aromatic N) is 6. The van der Waals surface area contributed by atoms with E-state index in [1.54, 1.807) is 13.8 Å². The number of piperazine rings is 1. The number of aromatic nitrogens is 4. The predicted octanol–water partition coefficient (Wildman–Crippen LogP) is 6.10. The molecule has 10 nitrogen and oxygen atoms in total. The summed E-state index contributed by atoms with van der Waals surface area (Å²) >= 11 is 0. The van der Waals surface area contributed by atoms with Gasteiger partial charge in [-0.05, 0) is 31.0 Å². The summed E-state index contributed by atoms with van der Waals surface area (Å²) in [5.74, 6) is -14.7. The molecule has 18 heteroatoms. The number of anilines is 1. The molecule has 6 aromatic rings. The SMILES string of the molecule is CC(C)c1nccc2oc3cccc(F)c3c3nc4c(cc3F)c(N3CCN(S(=O)(=O)c5c(F)c(F)c(F)c(F)c5F)C[C@@H]3C)nc(=O)n4c12. The zero-order chi connectivity index (χ0) is 36.0. The Morgan fingerprint density at radius 1 is 0.880 bits per heavy atom. The summed E-state index contributed by atoms with van der Waals surface area (Å²) < 4.78 is 136. The molecule has 1 saturated heterocycles. The van der Waals surface area contributed by atoms with Gasteiger partial charge in [0.15, 0.2) is 45.2 Å². The van der Waals surface area contributed by atoms with Gasteiger partial charge in [-0.25, -0.2) is 53.3 Å². The molecule has 0 N–H and O–H groups in total.